The van der Waals surface area contributed by atoms with E-state index in [2.05, 4.69) is 5.32 Å². The quantitative estimate of drug-likeness (QED) is 0.924. The molecule has 1 aliphatic rings. The molecular formula is C21H24N2O2. The fourth-order valence-corrected chi connectivity index (χ4v) is 3.21. The minimum Gasteiger partial charge on any atom is -0.326 e. The van der Waals surface area contributed by atoms with Gasteiger partial charge >= 0.3 is 0 Å². The molecular weight excluding hydrogens is 312 g/mol. The molecule has 0 saturated carbocycles. The van der Waals surface area contributed by atoms with Crippen LogP contribution in [0.4, 0.5) is 11.4 Å². The van der Waals surface area contributed by atoms with Gasteiger partial charge in [0.15, 0.2) is 0 Å². The third-order valence-corrected chi connectivity index (χ3v) is 5.14. The lowest BCUT2D eigenvalue weighted by Crippen LogP contribution is -2.28. The highest BCUT2D eigenvalue weighted by atomic mass is 16.2. The Morgan fingerprint density at radius 1 is 1.04 bits per heavy atom. The van der Waals surface area contributed by atoms with Crippen LogP contribution in [-0.2, 0) is 9.59 Å². The van der Waals surface area contributed by atoms with Gasteiger partial charge in [0, 0.05) is 24.3 Å². The van der Waals surface area contributed by atoms with Crippen LogP contribution in [0.3, 0.4) is 0 Å². The van der Waals surface area contributed by atoms with Crippen LogP contribution >= 0.6 is 0 Å². The second-order valence-electron chi connectivity index (χ2n) is 6.91. The summed E-state index contributed by atoms with van der Waals surface area (Å²) >= 11 is 0. The highest BCUT2D eigenvalue weighted by molar-refractivity contribution is 6.03. The molecule has 2 aromatic rings. The normalized spacial score (nSPS) is 17.0. The van der Waals surface area contributed by atoms with Gasteiger partial charge in [-0.05, 0) is 68.1 Å². The largest absolute Gasteiger partial charge is 0.326 e. The number of carbonyl (C=O) groups excluding carboxylic acids is 2. The molecule has 130 valence electrons. The zero-order valence-electron chi connectivity index (χ0n) is 15.2. The first-order valence-electron chi connectivity index (χ1n) is 8.61. The van der Waals surface area contributed by atoms with E-state index in [9.17, 15) is 9.59 Å². The Hall–Kier alpha value is -2.62. The van der Waals surface area contributed by atoms with Crippen LogP contribution in [0.5, 0.6) is 0 Å². The molecule has 25 heavy (non-hydrogen) atoms. The third kappa shape index (κ3) is 3.43. The van der Waals surface area contributed by atoms with Gasteiger partial charge < -0.3 is 10.2 Å². The average Bonchev–Trinajstić information content (AvgIpc) is 2.95. The molecule has 1 unspecified atom stereocenters. The van der Waals surface area contributed by atoms with Gasteiger partial charge in [0.25, 0.3) is 0 Å². The molecule has 4 heteroatoms. The summed E-state index contributed by atoms with van der Waals surface area (Å²) in [5.41, 5.74) is 6.25. The van der Waals surface area contributed by atoms with Crippen molar-refractivity contribution in [1.29, 1.82) is 0 Å². The Labute approximate surface area is 148 Å². The number of nitrogens with zero attached hydrogens (tertiary/aromatic N) is 1. The van der Waals surface area contributed by atoms with Gasteiger partial charge in [-0.25, -0.2) is 0 Å². The molecule has 1 saturated heterocycles. The number of benzene rings is 2. The Morgan fingerprint density at radius 2 is 1.80 bits per heavy atom. The smallest absolute Gasteiger partial charge is 0.229 e. The summed E-state index contributed by atoms with van der Waals surface area (Å²) in [6, 6.07) is 11.8. The van der Waals surface area contributed by atoms with Gasteiger partial charge in [-0.2, -0.15) is 0 Å². The van der Waals surface area contributed by atoms with E-state index >= 15 is 0 Å². The second-order valence-corrected chi connectivity index (χ2v) is 6.91. The summed E-state index contributed by atoms with van der Waals surface area (Å²) in [5.74, 6) is -0.410. The number of carbonyl (C=O) groups is 2. The van der Waals surface area contributed by atoms with Crippen LogP contribution in [0.15, 0.2) is 36.4 Å². The molecule has 1 fully saturated rings. The number of aryl methyl sites for hydroxylation is 3. The first kappa shape index (κ1) is 17.2. The molecule has 1 heterocycles. The van der Waals surface area contributed by atoms with E-state index in [1.54, 1.807) is 4.90 Å². The molecule has 0 radical (unpaired) electrons. The molecule has 1 aliphatic heterocycles. The van der Waals surface area contributed by atoms with Crippen molar-refractivity contribution in [2.45, 2.75) is 34.1 Å². The Morgan fingerprint density at radius 3 is 2.52 bits per heavy atom. The first-order valence-corrected chi connectivity index (χ1v) is 8.61. The monoisotopic (exact) mass is 336 g/mol. The van der Waals surface area contributed by atoms with Gasteiger partial charge in [0.05, 0.1) is 5.92 Å². The number of hydrogen-bond acceptors (Lipinski definition) is 2. The van der Waals surface area contributed by atoms with Crippen molar-refractivity contribution in [3.63, 3.8) is 0 Å². The number of amides is 2. The van der Waals surface area contributed by atoms with Gasteiger partial charge in [-0.1, -0.05) is 18.2 Å². The van der Waals surface area contributed by atoms with Crippen LogP contribution in [0.1, 0.15) is 28.7 Å². The molecule has 2 aromatic carbocycles. The molecule has 0 spiro atoms. The van der Waals surface area contributed by atoms with Crippen LogP contribution < -0.4 is 10.2 Å². The third-order valence-electron chi connectivity index (χ3n) is 5.14. The maximum absolute atomic E-state index is 12.6. The van der Waals surface area contributed by atoms with E-state index in [4.69, 9.17) is 0 Å². The highest BCUT2D eigenvalue weighted by Crippen LogP contribution is 2.30. The van der Waals surface area contributed by atoms with Crippen molar-refractivity contribution in [3.05, 3.63) is 58.7 Å². The van der Waals surface area contributed by atoms with Crippen molar-refractivity contribution < 1.29 is 9.59 Å². The summed E-state index contributed by atoms with van der Waals surface area (Å²) in [6.07, 6.45) is 0.254. The second kappa shape index (κ2) is 6.71. The van der Waals surface area contributed by atoms with E-state index in [0.717, 1.165) is 28.1 Å². The number of anilines is 2. The Kier molecular flexibility index (Phi) is 4.62. The summed E-state index contributed by atoms with van der Waals surface area (Å²) in [7, 11) is 0. The lowest BCUT2D eigenvalue weighted by molar-refractivity contribution is -0.122. The first-order chi connectivity index (χ1) is 11.9. The topological polar surface area (TPSA) is 49.4 Å². The zero-order valence-corrected chi connectivity index (χ0v) is 15.2. The molecule has 0 aliphatic carbocycles. The SMILES string of the molecule is Cc1ccc(NC(=O)C2CC(=O)N(c3cccc(C)c3C)C2)cc1C. The van der Waals surface area contributed by atoms with Gasteiger partial charge in [0.1, 0.15) is 0 Å². The zero-order chi connectivity index (χ0) is 18.1. The van der Waals surface area contributed by atoms with Gasteiger partial charge in [0.2, 0.25) is 11.8 Å². The number of nitrogens with one attached hydrogen (secondary N) is 1. The van der Waals surface area contributed by atoms with Crippen molar-refractivity contribution in [2.24, 2.45) is 5.92 Å². The van der Waals surface area contributed by atoms with Crippen LogP contribution in [-0.4, -0.2) is 18.4 Å². The van der Waals surface area contributed by atoms with Crippen molar-refractivity contribution in [1.82, 2.24) is 0 Å². The highest BCUT2D eigenvalue weighted by Gasteiger charge is 2.35. The Balaban J connectivity index is 1.74. The van der Waals surface area contributed by atoms with E-state index < -0.39 is 0 Å². The minimum absolute atomic E-state index is 0.00827. The summed E-state index contributed by atoms with van der Waals surface area (Å²) < 4.78 is 0. The van der Waals surface area contributed by atoms with Crippen molar-refractivity contribution in [2.75, 3.05) is 16.8 Å². The predicted octanol–water partition coefficient (Wildman–Crippen LogP) is 3.91. The average molecular weight is 336 g/mol. The summed E-state index contributed by atoms with van der Waals surface area (Å²) in [5, 5.41) is 2.95. The van der Waals surface area contributed by atoms with E-state index in [1.165, 1.54) is 5.56 Å². The van der Waals surface area contributed by atoms with Crippen LogP contribution in [0.25, 0.3) is 0 Å². The lowest BCUT2D eigenvalue weighted by atomic mass is 10.1. The number of rotatable bonds is 3. The van der Waals surface area contributed by atoms with Crippen LogP contribution in [0.2, 0.25) is 0 Å². The van der Waals surface area contributed by atoms with Gasteiger partial charge in [-0.3, -0.25) is 9.59 Å². The Bertz CT molecular complexity index is 842. The minimum atomic E-state index is -0.325. The van der Waals surface area contributed by atoms with E-state index in [1.807, 2.05) is 64.1 Å². The fourth-order valence-electron chi connectivity index (χ4n) is 3.21. The summed E-state index contributed by atoms with van der Waals surface area (Å²) in [6.45, 7) is 8.54. The molecule has 4 nitrogen and oxygen atoms in total. The maximum atomic E-state index is 12.6. The lowest BCUT2D eigenvalue weighted by Gasteiger charge is -2.20. The van der Waals surface area contributed by atoms with E-state index in [0.29, 0.717) is 6.54 Å². The maximum Gasteiger partial charge on any atom is 0.229 e. The molecule has 2 amide bonds. The van der Waals surface area contributed by atoms with Crippen molar-refractivity contribution in [3.8, 4) is 0 Å². The molecule has 0 aromatic heterocycles. The standard InChI is InChI=1S/C21H24N2O2/c1-13-8-9-18(10-15(13)3)22-21(25)17-11-20(24)23(12-17)19-7-5-6-14(2)16(19)4/h5-10,17H,11-12H2,1-4H3,(H,22,25). The molecule has 3 rings (SSSR count). The molecule has 0 bridgehead atoms. The van der Waals surface area contributed by atoms with Crippen LogP contribution in [0, 0.1) is 33.6 Å². The van der Waals surface area contributed by atoms with E-state index in [-0.39, 0.29) is 24.2 Å². The molecule has 1 atom stereocenters. The molecule has 1 N–H and O–H groups in total. The summed E-state index contributed by atoms with van der Waals surface area (Å²) in [4.78, 5) is 26.8. The van der Waals surface area contributed by atoms with Gasteiger partial charge in [-0.15, -0.1) is 0 Å². The van der Waals surface area contributed by atoms with Crippen molar-refractivity contribution >= 4 is 23.2 Å². The predicted molar refractivity (Wildman–Crippen MR) is 101 cm³/mol. The number of hydrogen-bond donors (Lipinski definition) is 1. The fraction of sp³-hybridized carbons (Fsp3) is 0.333.